The number of piperazine rings is 1. The molecule has 2 fully saturated rings. The van der Waals surface area contributed by atoms with Crippen LogP contribution in [0, 0.1) is 0 Å². The summed E-state index contributed by atoms with van der Waals surface area (Å²) in [6.07, 6.45) is 1.12. The molecule has 2 aliphatic rings. The van der Waals surface area contributed by atoms with Crippen molar-refractivity contribution in [3.05, 3.63) is 58.6 Å². The Morgan fingerprint density at radius 1 is 0.903 bits per heavy atom. The number of imide groups is 1. The van der Waals surface area contributed by atoms with Gasteiger partial charge in [-0.25, -0.2) is 4.90 Å². The second-order valence-electron chi connectivity index (χ2n) is 7.92. The van der Waals surface area contributed by atoms with Gasteiger partial charge in [0.1, 0.15) is 0 Å². The Kier molecular flexibility index (Phi) is 7.13. The van der Waals surface area contributed by atoms with Crippen molar-refractivity contribution in [2.24, 2.45) is 0 Å². The third-order valence-electron chi connectivity index (χ3n) is 5.82. The smallest absolute Gasteiger partial charge is 0.251 e. The van der Waals surface area contributed by atoms with Gasteiger partial charge < -0.3 is 10.2 Å². The Bertz CT molecular complexity index is 929. The second kappa shape index (κ2) is 10.0. The van der Waals surface area contributed by atoms with E-state index in [0.717, 1.165) is 44.2 Å². The second-order valence-corrected chi connectivity index (χ2v) is 8.79. The Morgan fingerprint density at radius 3 is 2.35 bits per heavy atom. The van der Waals surface area contributed by atoms with Crippen LogP contribution in [0.25, 0.3) is 0 Å². The fourth-order valence-electron chi connectivity index (χ4n) is 4.13. The fourth-order valence-corrected chi connectivity index (χ4v) is 4.44. The molecule has 0 unspecified atom stereocenters. The molecular weight excluding hydrogens is 435 g/mol. The predicted molar refractivity (Wildman–Crippen MR) is 125 cm³/mol. The number of rotatable bonds is 7. The summed E-state index contributed by atoms with van der Waals surface area (Å²) < 4.78 is 0. The van der Waals surface area contributed by atoms with Crippen LogP contribution in [-0.2, 0) is 9.59 Å². The zero-order valence-electron chi connectivity index (χ0n) is 17.3. The Labute approximate surface area is 192 Å². The first-order valence-corrected chi connectivity index (χ1v) is 11.4. The molecule has 0 saturated carbocycles. The molecule has 2 amide bonds. The molecule has 2 aromatic rings. The fraction of sp³-hybridized carbons (Fsp3) is 0.391. The first-order valence-electron chi connectivity index (χ1n) is 10.6. The summed E-state index contributed by atoms with van der Waals surface area (Å²) in [6, 6.07) is 14.3. The van der Waals surface area contributed by atoms with Gasteiger partial charge in [0.05, 0.1) is 18.2 Å². The van der Waals surface area contributed by atoms with E-state index in [1.807, 2.05) is 18.2 Å². The van der Waals surface area contributed by atoms with E-state index in [-0.39, 0.29) is 18.2 Å². The number of amides is 2. The summed E-state index contributed by atoms with van der Waals surface area (Å²) in [6.45, 7) is 5.60. The maximum atomic E-state index is 12.7. The lowest BCUT2D eigenvalue weighted by Crippen LogP contribution is -2.47. The first-order chi connectivity index (χ1) is 15.0. The van der Waals surface area contributed by atoms with Gasteiger partial charge >= 0.3 is 0 Å². The lowest BCUT2D eigenvalue weighted by Gasteiger charge is -2.36. The number of carbonyl (C=O) groups excluding carboxylic acids is 2. The van der Waals surface area contributed by atoms with Crippen LogP contribution in [0.1, 0.15) is 12.8 Å². The van der Waals surface area contributed by atoms with E-state index in [1.54, 1.807) is 24.3 Å². The quantitative estimate of drug-likeness (QED) is 0.506. The van der Waals surface area contributed by atoms with Crippen LogP contribution in [0.2, 0.25) is 10.0 Å². The van der Waals surface area contributed by atoms with Crippen molar-refractivity contribution in [2.75, 3.05) is 49.1 Å². The van der Waals surface area contributed by atoms with E-state index >= 15 is 0 Å². The average Bonchev–Trinajstić information content (AvgIpc) is 3.05. The van der Waals surface area contributed by atoms with Gasteiger partial charge in [-0.1, -0.05) is 29.3 Å². The molecule has 0 spiro atoms. The normalized spacial score (nSPS) is 20.0. The zero-order valence-corrected chi connectivity index (χ0v) is 18.8. The molecule has 0 aliphatic carbocycles. The highest BCUT2D eigenvalue weighted by atomic mass is 35.5. The number of nitrogens with zero attached hydrogens (tertiary/aromatic N) is 3. The van der Waals surface area contributed by atoms with Crippen molar-refractivity contribution in [1.29, 1.82) is 0 Å². The van der Waals surface area contributed by atoms with Crippen LogP contribution >= 0.6 is 23.2 Å². The number of benzene rings is 2. The predicted octanol–water partition coefficient (Wildman–Crippen LogP) is 3.43. The molecule has 164 valence electrons. The van der Waals surface area contributed by atoms with Crippen molar-refractivity contribution < 1.29 is 9.59 Å². The van der Waals surface area contributed by atoms with Crippen LogP contribution in [0.3, 0.4) is 0 Å². The van der Waals surface area contributed by atoms with Crippen LogP contribution in [-0.4, -0.2) is 62.0 Å². The zero-order chi connectivity index (χ0) is 21.8. The molecule has 0 radical (unpaired) electrons. The van der Waals surface area contributed by atoms with Gasteiger partial charge in [-0.05, 0) is 62.0 Å². The summed E-state index contributed by atoms with van der Waals surface area (Å²) in [5.74, 6) is -0.371. The lowest BCUT2D eigenvalue weighted by atomic mass is 10.2. The van der Waals surface area contributed by atoms with Crippen molar-refractivity contribution in [1.82, 2.24) is 10.2 Å². The lowest BCUT2D eigenvalue weighted by molar-refractivity contribution is -0.121. The topological polar surface area (TPSA) is 55.9 Å². The van der Waals surface area contributed by atoms with Gasteiger partial charge in [-0.15, -0.1) is 0 Å². The summed E-state index contributed by atoms with van der Waals surface area (Å²) in [5, 5.41) is 4.60. The molecule has 31 heavy (non-hydrogen) atoms. The molecule has 2 aliphatic heterocycles. The Hall–Kier alpha value is -2.12. The van der Waals surface area contributed by atoms with Gasteiger partial charge in [0.25, 0.3) is 5.91 Å². The molecule has 6 nitrogen and oxygen atoms in total. The van der Waals surface area contributed by atoms with Crippen LogP contribution in [0.4, 0.5) is 11.4 Å². The Balaban J connectivity index is 1.19. The van der Waals surface area contributed by atoms with Gasteiger partial charge in [-0.3, -0.25) is 14.5 Å². The minimum atomic E-state index is -0.456. The van der Waals surface area contributed by atoms with Gasteiger partial charge in [0.2, 0.25) is 5.91 Å². The van der Waals surface area contributed by atoms with Gasteiger partial charge in [0.15, 0.2) is 0 Å². The van der Waals surface area contributed by atoms with E-state index in [9.17, 15) is 9.59 Å². The SMILES string of the molecule is O=C1C[C@@H](NCCCN2CCN(c3cccc(Cl)c3)CC2)C(=O)N1c1ccc(Cl)cc1. The number of hydrogen-bond acceptors (Lipinski definition) is 5. The van der Waals surface area contributed by atoms with Crippen molar-refractivity contribution in [2.45, 2.75) is 18.9 Å². The summed E-state index contributed by atoms with van der Waals surface area (Å²) in [7, 11) is 0. The van der Waals surface area contributed by atoms with Crippen molar-refractivity contribution >= 4 is 46.4 Å². The van der Waals surface area contributed by atoms with Crippen molar-refractivity contribution in [3.63, 3.8) is 0 Å². The highest BCUT2D eigenvalue weighted by Crippen LogP contribution is 2.24. The third-order valence-corrected chi connectivity index (χ3v) is 6.31. The summed E-state index contributed by atoms with van der Waals surface area (Å²) in [5.41, 5.74) is 1.74. The molecule has 0 aromatic heterocycles. The number of nitrogens with one attached hydrogen (secondary N) is 1. The standard InChI is InChI=1S/C23H26Cl2N4O2/c24-17-5-7-19(8-6-17)29-22(30)16-21(23(29)31)26-9-2-10-27-11-13-28(14-12-27)20-4-1-3-18(25)15-20/h1,3-8,15,21,26H,2,9-14,16H2/t21-/m1/s1. The average molecular weight is 461 g/mol. The maximum absolute atomic E-state index is 12.7. The molecule has 0 bridgehead atoms. The molecule has 2 saturated heterocycles. The summed E-state index contributed by atoms with van der Waals surface area (Å²) >= 11 is 12.0. The number of carbonyl (C=O) groups is 2. The van der Waals surface area contributed by atoms with Crippen LogP contribution in [0.15, 0.2) is 48.5 Å². The third kappa shape index (κ3) is 5.39. The van der Waals surface area contributed by atoms with E-state index in [4.69, 9.17) is 23.2 Å². The molecule has 2 heterocycles. The minimum absolute atomic E-state index is 0.179. The first kappa shape index (κ1) is 22.1. The number of hydrogen-bond donors (Lipinski definition) is 1. The molecule has 1 N–H and O–H groups in total. The van der Waals surface area contributed by atoms with Gasteiger partial charge in [-0.2, -0.15) is 0 Å². The monoisotopic (exact) mass is 460 g/mol. The number of anilines is 2. The van der Waals surface area contributed by atoms with Gasteiger partial charge in [0, 0.05) is 41.9 Å². The largest absolute Gasteiger partial charge is 0.369 e. The van der Waals surface area contributed by atoms with E-state index in [2.05, 4.69) is 21.2 Å². The number of halogens is 2. The van der Waals surface area contributed by atoms with E-state index in [1.165, 1.54) is 10.6 Å². The molecule has 2 aromatic carbocycles. The van der Waals surface area contributed by atoms with E-state index < -0.39 is 6.04 Å². The molecule has 8 heteroatoms. The Morgan fingerprint density at radius 2 is 1.65 bits per heavy atom. The molecule has 4 rings (SSSR count). The maximum Gasteiger partial charge on any atom is 0.251 e. The molecule has 1 atom stereocenters. The van der Waals surface area contributed by atoms with E-state index in [0.29, 0.717) is 17.3 Å². The van der Waals surface area contributed by atoms with Crippen molar-refractivity contribution in [3.8, 4) is 0 Å². The van der Waals surface area contributed by atoms with Crippen LogP contribution in [0.5, 0.6) is 0 Å². The van der Waals surface area contributed by atoms with Crippen LogP contribution < -0.4 is 15.1 Å². The summed E-state index contributed by atoms with van der Waals surface area (Å²) in [4.78, 5) is 31.1. The molecular formula is C23H26Cl2N4O2. The highest BCUT2D eigenvalue weighted by Gasteiger charge is 2.39. The highest BCUT2D eigenvalue weighted by molar-refractivity contribution is 6.31. The minimum Gasteiger partial charge on any atom is -0.369 e.